The van der Waals surface area contributed by atoms with Gasteiger partial charge in [-0.1, -0.05) is 12.1 Å². The molecule has 9 heteroatoms. The van der Waals surface area contributed by atoms with E-state index in [0.29, 0.717) is 11.5 Å². The van der Waals surface area contributed by atoms with Gasteiger partial charge in [0.25, 0.3) is 11.8 Å². The second kappa shape index (κ2) is 8.34. The molecule has 3 rings (SSSR count). The first-order valence-electron chi connectivity index (χ1n) is 7.75. The van der Waals surface area contributed by atoms with Crippen LogP contribution in [0, 0.1) is 0 Å². The number of benzene rings is 1. The molecule has 1 aromatic carbocycles. The van der Waals surface area contributed by atoms with Gasteiger partial charge in [-0.3, -0.25) is 25.2 Å². The molecule has 0 fully saturated rings. The largest absolute Gasteiger partial charge is 0.485 e. The lowest BCUT2D eigenvalue weighted by molar-refractivity contribution is -0.148. The lowest BCUT2D eigenvalue weighted by Gasteiger charge is -2.25. The second-order valence-electron chi connectivity index (χ2n) is 5.37. The number of esters is 1. The summed E-state index contributed by atoms with van der Waals surface area (Å²) < 4.78 is 15.8. The molecule has 2 heterocycles. The molecule has 2 amide bonds. The van der Waals surface area contributed by atoms with E-state index in [1.54, 1.807) is 30.3 Å². The summed E-state index contributed by atoms with van der Waals surface area (Å²) in [6.45, 7) is -0.470. The van der Waals surface area contributed by atoms with Crippen LogP contribution in [-0.2, 0) is 25.5 Å². The molecule has 26 heavy (non-hydrogen) atoms. The van der Waals surface area contributed by atoms with Crippen LogP contribution < -0.4 is 20.3 Å². The number of hydrogen-bond acceptors (Lipinski definition) is 7. The highest BCUT2D eigenvalue weighted by molar-refractivity contribution is 7.07. The van der Waals surface area contributed by atoms with E-state index in [1.165, 1.54) is 11.3 Å². The molecule has 0 saturated heterocycles. The molecule has 0 aliphatic carbocycles. The summed E-state index contributed by atoms with van der Waals surface area (Å²) in [5, 5.41) is 3.67. The van der Waals surface area contributed by atoms with E-state index in [9.17, 15) is 14.4 Å². The highest BCUT2D eigenvalue weighted by Gasteiger charge is 2.27. The molecule has 0 spiro atoms. The summed E-state index contributed by atoms with van der Waals surface area (Å²) in [4.78, 5) is 35.3. The highest BCUT2D eigenvalue weighted by Crippen LogP contribution is 2.30. The summed E-state index contributed by atoms with van der Waals surface area (Å²) in [6, 6.07) is 8.77. The molecule has 1 aromatic heterocycles. The van der Waals surface area contributed by atoms with Crippen molar-refractivity contribution in [3.8, 4) is 11.5 Å². The van der Waals surface area contributed by atoms with Crippen molar-refractivity contribution < 1.29 is 28.6 Å². The minimum Gasteiger partial charge on any atom is -0.485 e. The molecule has 1 aliphatic heterocycles. The lowest BCUT2D eigenvalue weighted by atomic mass is 10.2. The summed E-state index contributed by atoms with van der Waals surface area (Å²) in [6.07, 6.45) is -0.804. The molecule has 8 nitrogen and oxygen atoms in total. The predicted octanol–water partition coefficient (Wildman–Crippen LogP) is 0.821. The topological polar surface area (TPSA) is 103 Å². The van der Waals surface area contributed by atoms with Crippen LogP contribution in [0.4, 0.5) is 0 Å². The van der Waals surface area contributed by atoms with E-state index < -0.39 is 30.5 Å². The van der Waals surface area contributed by atoms with E-state index >= 15 is 0 Å². The quantitative estimate of drug-likeness (QED) is 0.592. The van der Waals surface area contributed by atoms with Crippen LogP contribution in [0.2, 0.25) is 0 Å². The fraction of sp³-hybridized carbons (Fsp3) is 0.235. The van der Waals surface area contributed by atoms with Gasteiger partial charge >= 0.3 is 5.97 Å². The van der Waals surface area contributed by atoms with Crippen LogP contribution in [0.25, 0.3) is 0 Å². The van der Waals surface area contributed by atoms with Gasteiger partial charge in [-0.15, -0.1) is 0 Å². The number of rotatable bonds is 5. The molecule has 1 aliphatic rings. The third kappa shape index (κ3) is 4.73. The third-order valence-corrected chi connectivity index (χ3v) is 4.15. The van der Waals surface area contributed by atoms with Gasteiger partial charge in [0.05, 0.1) is 6.42 Å². The highest BCUT2D eigenvalue weighted by atomic mass is 32.1. The van der Waals surface area contributed by atoms with Gasteiger partial charge in [0.1, 0.15) is 6.61 Å². The van der Waals surface area contributed by atoms with Crippen molar-refractivity contribution >= 4 is 29.1 Å². The molecular weight excluding hydrogens is 360 g/mol. The minimum absolute atomic E-state index is 0.0222. The number of ether oxygens (including phenoxy) is 3. The molecule has 0 unspecified atom stereocenters. The standard InChI is InChI=1S/C17H16N2O6S/c20-15(9-24-16(21)7-11-5-6-26-10-11)18-19-17(22)14-8-23-12-3-1-2-4-13(12)25-14/h1-6,10,14H,7-9H2,(H,18,20)(H,19,22)/t14-/m1/s1. The number of carbonyl (C=O) groups is 3. The number of amides is 2. The van der Waals surface area contributed by atoms with Crippen molar-refractivity contribution in [1.82, 2.24) is 10.9 Å². The zero-order chi connectivity index (χ0) is 18.4. The summed E-state index contributed by atoms with van der Waals surface area (Å²) in [7, 11) is 0. The monoisotopic (exact) mass is 376 g/mol. The maximum Gasteiger partial charge on any atom is 0.310 e. The summed E-state index contributed by atoms with van der Waals surface area (Å²) in [5.74, 6) is -0.747. The van der Waals surface area contributed by atoms with Crippen molar-refractivity contribution in [2.24, 2.45) is 0 Å². The maximum atomic E-state index is 12.0. The number of thiophene rings is 1. The van der Waals surface area contributed by atoms with Crippen molar-refractivity contribution in [2.75, 3.05) is 13.2 Å². The first-order chi connectivity index (χ1) is 12.6. The number of hydrogen-bond donors (Lipinski definition) is 2. The number of carbonyl (C=O) groups excluding carboxylic acids is 3. The van der Waals surface area contributed by atoms with Crippen molar-refractivity contribution in [2.45, 2.75) is 12.5 Å². The minimum atomic E-state index is -0.897. The van der Waals surface area contributed by atoms with Crippen LogP contribution in [0.1, 0.15) is 5.56 Å². The van der Waals surface area contributed by atoms with Gasteiger partial charge < -0.3 is 14.2 Å². The van der Waals surface area contributed by atoms with Crippen LogP contribution in [0.5, 0.6) is 11.5 Å². The zero-order valence-electron chi connectivity index (χ0n) is 13.6. The molecule has 0 saturated carbocycles. The predicted molar refractivity (Wildman–Crippen MR) is 91.6 cm³/mol. The number of para-hydroxylation sites is 2. The fourth-order valence-corrected chi connectivity index (χ4v) is 2.82. The Hall–Kier alpha value is -3.07. The number of fused-ring (bicyclic) bond motifs is 1. The van der Waals surface area contributed by atoms with Gasteiger partial charge in [-0.05, 0) is 34.5 Å². The molecule has 1 atom stereocenters. The van der Waals surface area contributed by atoms with Crippen LogP contribution in [-0.4, -0.2) is 37.1 Å². The number of hydrazine groups is 1. The van der Waals surface area contributed by atoms with E-state index in [4.69, 9.17) is 14.2 Å². The Kier molecular flexibility index (Phi) is 5.69. The molecule has 0 radical (unpaired) electrons. The van der Waals surface area contributed by atoms with Gasteiger partial charge in [0.2, 0.25) is 6.10 Å². The lowest BCUT2D eigenvalue weighted by Crippen LogP contribution is -2.51. The van der Waals surface area contributed by atoms with Crippen LogP contribution >= 0.6 is 11.3 Å². The van der Waals surface area contributed by atoms with Crippen molar-refractivity contribution in [1.29, 1.82) is 0 Å². The van der Waals surface area contributed by atoms with E-state index in [2.05, 4.69) is 10.9 Å². The second-order valence-corrected chi connectivity index (χ2v) is 6.15. The van der Waals surface area contributed by atoms with E-state index in [0.717, 1.165) is 5.56 Å². The Morgan fingerprint density at radius 2 is 1.96 bits per heavy atom. The Morgan fingerprint density at radius 1 is 1.15 bits per heavy atom. The van der Waals surface area contributed by atoms with Gasteiger partial charge in [0, 0.05) is 0 Å². The summed E-state index contributed by atoms with van der Waals surface area (Å²) >= 11 is 1.47. The molecule has 0 bridgehead atoms. The molecule has 2 aromatic rings. The maximum absolute atomic E-state index is 12.0. The molecule has 136 valence electrons. The molecule has 2 N–H and O–H groups in total. The van der Waals surface area contributed by atoms with E-state index in [1.807, 2.05) is 10.8 Å². The Labute approximate surface area is 153 Å². The van der Waals surface area contributed by atoms with Gasteiger partial charge in [0.15, 0.2) is 18.1 Å². The van der Waals surface area contributed by atoms with Gasteiger partial charge in [-0.25, -0.2) is 0 Å². The Morgan fingerprint density at radius 3 is 2.73 bits per heavy atom. The smallest absolute Gasteiger partial charge is 0.310 e. The average molecular weight is 376 g/mol. The molecular formula is C17H16N2O6S. The fourth-order valence-electron chi connectivity index (χ4n) is 2.15. The Bertz CT molecular complexity index is 792. The SMILES string of the molecule is O=C(COC(=O)Cc1ccsc1)NNC(=O)[C@H]1COc2ccccc2O1. The van der Waals surface area contributed by atoms with Crippen LogP contribution in [0.3, 0.4) is 0 Å². The number of nitrogens with one attached hydrogen (secondary N) is 2. The summed E-state index contributed by atoms with van der Waals surface area (Å²) in [5.41, 5.74) is 5.21. The first-order valence-corrected chi connectivity index (χ1v) is 8.70. The first kappa shape index (κ1) is 17.7. The normalized spacial score (nSPS) is 15.0. The van der Waals surface area contributed by atoms with Crippen molar-refractivity contribution in [3.05, 3.63) is 46.7 Å². The van der Waals surface area contributed by atoms with Crippen LogP contribution in [0.15, 0.2) is 41.1 Å². The zero-order valence-corrected chi connectivity index (χ0v) is 14.4. The third-order valence-electron chi connectivity index (χ3n) is 3.42. The van der Waals surface area contributed by atoms with Gasteiger partial charge in [-0.2, -0.15) is 11.3 Å². The Balaban J connectivity index is 1.38. The van der Waals surface area contributed by atoms with Crippen molar-refractivity contribution in [3.63, 3.8) is 0 Å². The average Bonchev–Trinajstić information content (AvgIpc) is 3.17. The van der Waals surface area contributed by atoms with E-state index in [-0.39, 0.29) is 13.0 Å².